The van der Waals surface area contributed by atoms with Gasteiger partial charge in [0.25, 0.3) is 0 Å². The second kappa shape index (κ2) is 15.0. The van der Waals surface area contributed by atoms with Crippen LogP contribution in [0.2, 0.25) is 0 Å². The van der Waals surface area contributed by atoms with Gasteiger partial charge in [0.05, 0.1) is 13.5 Å². The minimum Gasteiger partial charge on any atom is -0.507 e. The van der Waals surface area contributed by atoms with Crippen LogP contribution in [0.4, 0.5) is 0 Å². The van der Waals surface area contributed by atoms with Crippen molar-refractivity contribution in [1.29, 1.82) is 0 Å². The van der Waals surface area contributed by atoms with Crippen LogP contribution in [-0.2, 0) is 22.4 Å². The van der Waals surface area contributed by atoms with Crippen LogP contribution in [0.1, 0.15) is 99.0 Å². The number of ketones is 1. The number of esters is 1. The number of allylic oxidation sites excluding steroid dienone is 1. The van der Waals surface area contributed by atoms with E-state index in [9.17, 15) is 19.5 Å². The molecule has 0 saturated carbocycles. The molecule has 7 heteroatoms. The molecule has 0 saturated heterocycles. The summed E-state index contributed by atoms with van der Waals surface area (Å²) in [6.45, 7) is 5.79. The standard InChI is InChI=1S/C29H39NO6/c1-5-6-7-10-13-23-16-15-22(19-30-23)17-21(3)28(33)27-24(31)18-25(36-29(27)34)20(2)12-9-8-11-14-26(32)35-4/h8,11,15-16,18-21,31H,5-7,9-10,12-14,17H2,1-4H3/b11-8+. The molecular weight excluding hydrogens is 458 g/mol. The lowest BCUT2D eigenvalue weighted by Gasteiger charge is -2.13. The molecule has 2 heterocycles. The number of hydrogen-bond donors (Lipinski definition) is 1. The fraction of sp³-hybridized carbons (Fsp3) is 0.517. The van der Waals surface area contributed by atoms with Crippen molar-refractivity contribution < 1.29 is 23.8 Å². The Morgan fingerprint density at radius 2 is 1.94 bits per heavy atom. The van der Waals surface area contributed by atoms with E-state index in [4.69, 9.17) is 4.42 Å². The van der Waals surface area contributed by atoms with E-state index < -0.39 is 17.3 Å². The smallest absolute Gasteiger partial charge is 0.350 e. The van der Waals surface area contributed by atoms with Crippen LogP contribution < -0.4 is 5.63 Å². The number of aromatic hydroxyl groups is 1. The lowest BCUT2D eigenvalue weighted by atomic mass is 9.93. The molecule has 7 nitrogen and oxygen atoms in total. The minimum atomic E-state index is -0.824. The molecule has 0 radical (unpaired) electrons. The van der Waals surface area contributed by atoms with E-state index in [-0.39, 0.29) is 29.6 Å². The van der Waals surface area contributed by atoms with Crippen molar-refractivity contribution in [3.63, 3.8) is 0 Å². The number of rotatable bonds is 15. The van der Waals surface area contributed by atoms with Gasteiger partial charge in [-0.25, -0.2) is 4.79 Å². The molecule has 0 aliphatic heterocycles. The summed E-state index contributed by atoms with van der Waals surface area (Å²) in [4.78, 5) is 41.2. The molecule has 196 valence electrons. The number of unbranched alkanes of at least 4 members (excludes halogenated alkanes) is 3. The molecule has 2 unspecified atom stereocenters. The summed E-state index contributed by atoms with van der Waals surface area (Å²) < 4.78 is 9.99. The van der Waals surface area contributed by atoms with Crippen molar-refractivity contribution in [3.8, 4) is 5.75 Å². The van der Waals surface area contributed by atoms with E-state index >= 15 is 0 Å². The van der Waals surface area contributed by atoms with Crippen molar-refractivity contribution in [1.82, 2.24) is 4.98 Å². The molecule has 0 spiro atoms. The van der Waals surface area contributed by atoms with Crippen molar-refractivity contribution in [2.24, 2.45) is 5.92 Å². The van der Waals surface area contributed by atoms with Crippen LogP contribution in [0.25, 0.3) is 0 Å². The number of ether oxygens (including phenoxy) is 1. The maximum atomic E-state index is 13.0. The zero-order valence-corrected chi connectivity index (χ0v) is 21.9. The summed E-state index contributed by atoms with van der Waals surface area (Å²) in [5.41, 5.74) is 0.811. The van der Waals surface area contributed by atoms with Crippen LogP contribution in [-0.4, -0.2) is 29.0 Å². The van der Waals surface area contributed by atoms with Gasteiger partial charge < -0.3 is 14.3 Å². The summed E-state index contributed by atoms with van der Waals surface area (Å²) in [6.07, 6.45) is 13.0. The Kier molecular flexibility index (Phi) is 12.1. The van der Waals surface area contributed by atoms with E-state index in [1.165, 1.54) is 32.4 Å². The molecular formula is C29H39NO6. The largest absolute Gasteiger partial charge is 0.507 e. The molecule has 0 amide bonds. The summed E-state index contributed by atoms with van der Waals surface area (Å²) in [6, 6.07) is 5.32. The lowest BCUT2D eigenvalue weighted by molar-refractivity contribution is -0.139. The number of carbonyl (C=O) groups excluding carboxylic acids is 2. The number of nitrogens with zero attached hydrogens (tertiary/aromatic N) is 1. The van der Waals surface area contributed by atoms with Crippen molar-refractivity contribution >= 4 is 11.8 Å². The first-order valence-electron chi connectivity index (χ1n) is 12.8. The summed E-state index contributed by atoms with van der Waals surface area (Å²) in [7, 11) is 1.34. The number of aryl methyl sites for hydroxylation is 1. The van der Waals surface area contributed by atoms with Crippen molar-refractivity contribution in [2.45, 2.75) is 84.5 Å². The Hall–Kier alpha value is -3.22. The molecule has 0 fully saturated rings. The first-order chi connectivity index (χ1) is 17.3. The van der Waals surface area contributed by atoms with Gasteiger partial charge in [-0.2, -0.15) is 0 Å². The molecule has 1 N–H and O–H groups in total. The third-order valence-corrected chi connectivity index (χ3v) is 6.29. The Morgan fingerprint density at radius 1 is 1.17 bits per heavy atom. The third kappa shape index (κ3) is 9.10. The predicted octanol–water partition coefficient (Wildman–Crippen LogP) is 5.93. The number of hydrogen-bond acceptors (Lipinski definition) is 7. The number of aromatic nitrogens is 1. The third-order valence-electron chi connectivity index (χ3n) is 6.29. The highest BCUT2D eigenvalue weighted by Gasteiger charge is 2.25. The van der Waals surface area contributed by atoms with Crippen LogP contribution >= 0.6 is 0 Å². The van der Waals surface area contributed by atoms with E-state index in [1.54, 1.807) is 19.2 Å². The number of pyridine rings is 1. The van der Waals surface area contributed by atoms with Gasteiger partial charge in [-0.15, -0.1) is 0 Å². The quantitative estimate of drug-likeness (QED) is 0.141. The highest BCUT2D eigenvalue weighted by Crippen LogP contribution is 2.26. The summed E-state index contributed by atoms with van der Waals surface area (Å²) >= 11 is 0. The first-order valence-corrected chi connectivity index (χ1v) is 12.8. The van der Waals surface area contributed by atoms with Gasteiger partial charge in [0.2, 0.25) is 0 Å². The van der Waals surface area contributed by atoms with Gasteiger partial charge >= 0.3 is 11.6 Å². The number of carbonyl (C=O) groups is 2. The number of Topliss-reactive ketones (excluding diaryl/α,β-unsaturated/α-hetero) is 1. The zero-order valence-electron chi connectivity index (χ0n) is 21.9. The summed E-state index contributed by atoms with van der Waals surface area (Å²) in [5.74, 6) is -1.46. The molecule has 0 aliphatic rings. The maximum absolute atomic E-state index is 13.0. The fourth-order valence-electron chi connectivity index (χ4n) is 3.99. The molecule has 2 aromatic heterocycles. The van der Waals surface area contributed by atoms with Gasteiger partial charge in [-0.05, 0) is 43.7 Å². The van der Waals surface area contributed by atoms with Crippen molar-refractivity contribution in [2.75, 3.05) is 7.11 Å². The Balaban J connectivity index is 1.97. The van der Waals surface area contributed by atoms with Gasteiger partial charge in [-0.3, -0.25) is 14.6 Å². The fourth-order valence-corrected chi connectivity index (χ4v) is 3.99. The van der Waals surface area contributed by atoms with E-state index in [0.29, 0.717) is 25.0 Å². The van der Waals surface area contributed by atoms with Crippen molar-refractivity contribution in [3.05, 3.63) is 69.5 Å². The minimum absolute atomic E-state index is 0.153. The van der Waals surface area contributed by atoms with Crippen LogP contribution in [0.5, 0.6) is 5.75 Å². The Bertz CT molecular complexity index is 1070. The number of methoxy groups -OCH3 is 1. The topological polar surface area (TPSA) is 107 Å². The van der Waals surface area contributed by atoms with Gasteiger partial charge in [0.15, 0.2) is 5.78 Å². The average Bonchev–Trinajstić information content (AvgIpc) is 2.86. The zero-order chi connectivity index (χ0) is 26.5. The van der Waals surface area contributed by atoms with E-state index in [0.717, 1.165) is 24.1 Å². The molecule has 2 aromatic rings. The second-order valence-corrected chi connectivity index (χ2v) is 9.36. The normalized spacial score (nSPS) is 13.0. The van der Waals surface area contributed by atoms with Crippen LogP contribution in [0, 0.1) is 5.92 Å². The Labute approximate surface area is 213 Å². The highest BCUT2D eigenvalue weighted by atomic mass is 16.5. The average molecular weight is 498 g/mol. The second-order valence-electron chi connectivity index (χ2n) is 9.36. The predicted molar refractivity (Wildman–Crippen MR) is 139 cm³/mol. The summed E-state index contributed by atoms with van der Waals surface area (Å²) in [5, 5.41) is 10.5. The molecule has 0 bridgehead atoms. The molecule has 2 rings (SSSR count). The van der Waals surface area contributed by atoms with E-state index in [2.05, 4.69) is 16.6 Å². The molecule has 0 aliphatic carbocycles. The van der Waals surface area contributed by atoms with E-state index in [1.807, 2.05) is 25.1 Å². The van der Waals surface area contributed by atoms with Gasteiger partial charge in [0, 0.05) is 29.8 Å². The van der Waals surface area contributed by atoms with Gasteiger partial charge in [0.1, 0.15) is 17.1 Å². The highest BCUT2D eigenvalue weighted by molar-refractivity contribution is 5.99. The van der Waals surface area contributed by atoms with Gasteiger partial charge in [-0.1, -0.05) is 58.3 Å². The molecule has 2 atom stereocenters. The first kappa shape index (κ1) is 29.0. The molecule has 0 aromatic carbocycles. The monoisotopic (exact) mass is 497 g/mol. The molecule has 36 heavy (non-hydrogen) atoms. The SMILES string of the molecule is CCCCCCc1ccc(CC(C)C(=O)c2c(O)cc(C(C)CC/C=C/CC(=O)OC)oc2=O)cn1. The van der Waals surface area contributed by atoms with Crippen LogP contribution in [0.3, 0.4) is 0 Å². The maximum Gasteiger partial charge on any atom is 0.350 e. The lowest BCUT2D eigenvalue weighted by Crippen LogP contribution is -2.22. The van der Waals surface area contributed by atoms with Crippen LogP contribution in [0.15, 0.2) is 45.8 Å². The Morgan fingerprint density at radius 3 is 2.58 bits per heavy atom.